The molecule has 1 amide bonds. The SMILES string of the molecule is COc1cccc(CNC(=O)c2ccccc2S(C)(=O)=O)c1. The monoisotopic (exact) mass is 319 g/mol. The van der Waals surface area contributed by atoms with Gasteiger partial charge in [0.1, 0.15) is 5.75 Å². The Morgan fingerprint density at radius 1 is 1.14 bits per heavy atom. The summed E-state index contributed by atoms with van der Waals surface area (Å²) in [6.07, 6.45) is 1.08. The van der Waals surface area contributed by atoms with Gasteiger partial charge in [-0.2, -0.15) is 0 Å². The largest absolute Gasteiger partial charge is 0.497 e. The van der Waals surface area contributed by atoms with Crippen molar-refractivity contribution in [1.29, 1.82) is 0 Å². The molecule has 0 unspecified atom stereocenters. The third-order valence-electron chi connectivity index (χ3n) is 3.12. The van der Waals surface area contributed by atoms with Crippen LogP contribution in [0.4, 0.5) is 0 Å². The second kappa shape index (κ2) is 6.62. The Morgan fingerprint density at radius 3 is 2.55 bits per heavy atom. The molecule has 0 aliphatic carbocycles. The Labute approximate surface area is 129 Å². The molecule has 116 valence electrons. The third-order valence-corrected chi connectivity index (χ3v) is 4.27. The van der Waals surface area contributed by atoms with E-state index in [0.717, 1.165) is 11.8 Å². The Balaban J connectivity index is 2.16. The fourth-order valence-electron chi connectivity index (χ4n) is 2.04. The zero-order valence-electron chi connectivity index (χ0n) is 12.4. The van der Waals surface area contributed by atoms with Gasteiger partial charge >= 0.3 is 0 Å². The fraction of sp³-hybridized carbons (Fsp3) is 0.188. The summed E-state index contributed by atoms with van der Waals surface area (Å²) in [4.78, 5) is 12.3. The van der Waals surface area contributed by atoms with E-state index in [1.807, 2.05) is 24.3 Å². The Hall–Kier alpha value is -2.34. The lowest BCUT2D eigenvalue weighted by molar-refractivity contribution is 0.0947. The zero-order valence-corrected chi connectivity index (χ0v) is 13.2. The molecule has 0 heterocycles. The second-order valence-electron chi connectivity index (χ2n) is 4.80. The summed E-state index contributed by atoms with van der Waals surface area (Å²) >= 11 is 0. The van der Waals surface area contributed by atoms with Crippen LogP contribution >= 0.6 is 0 Å². The Morgan fingerprint density at radius 2 is 1.86 bits per heavy atom. The first-order chi connectivity index (χ1) is 10.4. The summed E-state index contributed by atoms with van der Waals surface area (Å²) in [5.41, 5.74) is 1.01. The van der Waals surface area contributed by atoms with E-state index in [0.29, 0.717) is 5.75 Å². The third kappa shape index (κ3) is 3.85. The average Bonchev–Trinajstić information content (AvgIpc) is 2.52. The van der Waals surface area contributed by atoms with Gasteiger partial charge in [0, 0.05) is 12.8 Å². The number of carbonyl (C=O) groups excluding carboxylic acids is 1. The lowest BCUT2D eigenvalue weighted by atomic mass is 10.2. The standard InChI is InChI=1S/C16H17NO4S/c1-21-13-7-5-6-12(10-13)11-17-16(18)14-8-3-4-9-15(14)22(2,19)20/h3-10H,11H2,1-2H3,(H,17,18). The molecule has 0 radical (unpaired) electrons. The van der Waals surface area contributed by atoms with E-state index in [1.165, 1.54) is 12.1 Å². The number of benzene rings is 2. The van der Waals surface area contributed by atoms with E-state index >= 15 is 0 Å². The maximum absolute atomic E-state index is 12.2. The predicted molar refractivity (Wildman–Crippen MR) is 83.7 cm³/mol. The van der Waals surface area contributed by atoms with E-state index < -0.39 is 15.7 Å². The molecule has 5 nitrogen and oxygen atoms in total. The van der Waals surface area contributed by atoms with Crippen LogP contribution in [-0.4, -0.2) is 27.7 Å². The molecule has 22 heavy (non-hydrogen) atoms. The van der Waals surface area contributed by atoms with E-state index in [9.17, 15) is 13.2 Å². The number of sulfone groups is 1. The summed E-state index contributed by atoms with van der Waals surface area (Å²) in [6.45, 7) is 0.286. The van der Waals surface area contributed by atoms with Gasteiger partial charge < -0.3 is 10.1 Å². The summed E-state index contributed by atoms with van der Waals surface area (Å²) in [7, 11) is -1.88. The molecule has 0 bridgehead atoms. The number of rotatable bonds is 5. The minimum atomic E-state index is -3.45. The number of amides is 1. The van der Waals surface area contributed by atoms with Crippen LogP contribution in [0.1, 0.15) is 15.9 Å². The summed E-state index contributed by atoms with van der Waals surface area (Å²) in [5.74, 6) is 0.270. The van der Waals surface area contributed by atoms with Crippen molar-refractivity contribution in [3.63, 3.8) is 0 Å². The van der Waals surface area contributed by atoms with Crippen LogP contribution in [0.25, 0.3) is 0 Å². The number of nitrogens with one attached hydrogen (secondary N) is 1. The van der Waals surface area contributed by atoms with Crippen LogP contribution in [0.3, 0.4) is 0 Å². The first-order valence-corrected chi connectivity index (χ1v) is 8.51. The van der Waals surface area contributed by atoms with Gasteiger partial charge in [0.05, 0.1) is 17.6 Å². The van der Waals surface area contributed by atoms with Gasteiger partial charge in [-0.05, 0) is 29.8 Å². The summed E-state index contributed by atoms with van der Waals surface area (Å²) < 4.78 is 28.6. The molecule has 0 spiro atoms. The molecule has 0 saturated heterocycles. The molecule has 0 atom stereocenters. The smallest absolute Gasteiger partial charge is 0.252 e. The van der Waals surface area contributed by atoms with Crippen molar-refractivity contribution in [2.24, 2.45) is 0 Å². The predicted octanol–water partition coefficient (Wildman–Crippen LogP) is 2.03. The fourth-order valence-corrected chi connectivity index (χ4v) is 2.92. The molecule has 2 aromatic rings. The first kappa shape index (κ1) is 16.0. The van der Waals surface area contributed by atoms with Crippen LogP contribution < -0.4 is 10.1 Å². The van der Waals surface area contributed by atoms with E-state index in [2.05, 4.69) is 5.32 Å². The molecule has 0 fully saturated rings. The molecule has 0 aliphatic heterocycles. The second-order valence-corrected chi connectivity index (χ2v) is 6.79. The first-order valence-electron chi connectivity index (χ1n) is 6.62. The normalized spacial score (nSPS) is 11.0. The van der Waals surface area contributed by atoms with Gasteiger partial charge in [0.25, 0.3) is 5.91 Å². The van der Waals surface area contributed by atoms with Crippen LogP contribution in [0.5, 0.6) is 5.75 Å². The van der Waals surface area contributed by atoms with Crippen molar-refractivity contribution >= 4 is 15.7 Å². The molecular formula is C16H17NO4S. The molecule has 0 aromatic heterocycles. The molecule has 0 saturated carbocycles. The van der Waals surface area contributed by atoms with Crippen molar-refractivity contribution in [1.82, 2.24) is 5.32 Å². The number of methoxy groups -OCH3 is 1. The number of hydrogen-bond donors (Lipinski definition) is 1. The number of hydrogen-bond acceptors (Lipinski definition) is 4. The Bertz CT molecular complexity index is 784. The maximum atomic E-state index is 12.2. The van der Waals surface area contributed by atoms with Crippen LogP contribution in [-0.2, 0) is 16.4 Å². The quantitative estimate of drug-likeness (QED) is 0.915. The van der Waals surface area contributed by atoms with Crippen molar-refractivity contribution in [3.8, 4) is 5.75 Å². The van der Waals surface area contributed by atoms with Gasteiger partial charge in [-0.15, -0.1) is 0 Å². The van der Waals surface area contributed by atoms with E-state index in [4.69, 9.17) is 4.74 Å². The van der Waals surface area contributed by atoms with Crippen LogP contribution in [0.15, 0.2) is 53.4 Å². The van der Waals surface area contributed by atoms with Crippen molar-refractivity contribution < 1.29 is 17.9 Å². The molecular weight excluding hydrogens is 302 g/mol. The van der Waals surface area contributed by atoms with Gasteiger partial charge in [-0.1, -0.05) is 24.3 Å². The highest BCUT2D eigenvalue weighted by molar-refractivity contribution is 7.90. The molecule has 0 aliphatic rings. The van der Waals surface area contributed by atoms with Crippen molar-refractivity contribution in [2.45, 2.75) is 11.4 Å². The number of carbonyl (C=O) groups is 1. The molecule has 2 rings (SSSR count). The van der Waals surface area contributed by atoms with Gasteiger partial charge in [-0.25, -0.2) is 8.42 Å². The van der Waals surface area contributed by atoms with Gasteiger partial charge in [-0.3, -0.25) is 4.79 Å². The summed E-state index contributed by atoms with van der Waals surface area (Å²) in [5, 5.41) is 2.72. The van der Waals surface area contributed by atoms with Crippen LogP contribution in [0, 0.1) is 0 Å². The lowest BCUT2D eigenvalue weighted by Gasteiger charge is -2.09. The lowest BCUT2D eigenvalue weighted by Crippen LogP contribution is -2.24. The van der Waals surface area contributed by atoms with E-state index in [1.54, 1.807) is 19.2 Å². The molecule has 6 heteroatoms. The van der Waals surface area contributed by atoms with Crippen molar-refractivity contribution in [2.75, 3.05) is 13.4 Å². The molecule has 2 aromatic carbocycles. The topological polar surface area (TPSA) is 72.5 Å². The number of ether oxygens (including phenoxy) is 1. The highest BCUT2D eigenvalue weighted by Gasteiger charge is 2.17. The molecule has 1 N–H and O–H groups in total. The van der Waals surface area contributed by atoms with Gasteiger partial charge in [0.2, 0.25) is 0 Å². The average molecular weight is 319 g/mol. The minimum Gasteiger partial charge on any atom is -0.497 e. The highest BCUT2D eigenvalue weighted by atomic mass is 32.2. The van der Waals surface area contributed by atoms with Crippen molar-refractivity contribution in [3.05, 3.63) is 59.7 Å². The maximum Gasteiger partial charge on any atom is 0.252 e. The highest BCUT2D eigenvalue weighted by Crippen LogP contribution is 2.16. The van der Waals surface area contributed by atoms with E-state index in [-0.39, 0.29) is 17.0 Å². The van der Waals surface area contributed by atoms with Crippen LogP contribution in [0.2, 0.25) is 0 Å². The zero-order chi connectivity index (χ0) is 16.2. The summed E-state index contributed by atoms with van der Waals surface area (Å²) in [6, 6.07) is 13.4. The van der Waals surface area contributed by atoms with Gasteiger partial charge in [0.15, 0.2) is 9.84 Å². The Kier molecular flexibility index (Phi) is 4.82. The minimum absolute atomic E-state index is 0.0261.